The van der Waals surface area contributed by atoms with Crippen molar-refractivity contribution in [1.29, 1.82) is 0 Å². The summed E-state index contributed by atoms with van der Waals surface area (Å²) in [7, 11) is 0. The molecule has 0 heterocycles. The van der Waals surface area contributed by atoms with E-state index in [1.807, 2.05) is 38.1 Å². The van der Waals surface area contributed by atoms with Crippen molar-refractivity contribution in [3.05, 3.63) is 34.9 Å². The molecule has 18 heavy (non-hydrogen) atoms. The topological polar surface area (TPSA) is 55.1 Å². The van der Waals surface area contributed by atoms with Gasteiger partial charge < -0.3 is 11.1 Å². The van der Waals surface area contributed by atoms with Crippen LogP contribution in [0, 0.1) is 0 Å². The van der Waals surface area contributed by atoms with Gasteiger partial charge in [0.1, 0.15) is 0 Å². The Bertz CT molecular complexity index is 387. The Balaban J connectivity index is 2.21. The Morgan fingerprint density at radius 3 is 2.56 bits per heavy atom. The summed E-state index contributed by atoms with van der Waals surface area (Å²) in [6.45, 7) is 4.26. The highest BCUT2D eigenvalue weighted by Crippen LogP contribution is 2.15. The molecule has 0 spiro atoms. The number of hydrogen-bond acceptors (Lipinski definition) is 3. The third-order valence-electron chi connectivity index (χ3n) is 2.16. The van der Waals surface area contributed by atoms with Gasteiger partial charge in [0.05, 0.1) is 5.75 Å². The Morgan fingerprint density at radius 2 is 2.00 bits per heavy atom. The first kappa shape index (κ1) is 15.3. The number of carbonyl (C=O) groups excluding carboxylic acids is 1. The second-order valence-corrected chi connectivity index (χ2v) is 6.31. The highest BCUT2D eigenvalue weighted by molar-refractivity contribution is 7.99. The zero-order valence-corrected chi connectivity index (χ0v) is 12.3. The minimum Gasteiger partial charge on any atom is -0.354 e. The van der Waals surface area contributed by atoms with Crippen molar-refractivity contribution in [2.24, 2.45) is 5.73 Å². The lowest BCUT2D eigenvalue weighted by molar-refractivity contribution is -0.118. The molecule has 1 aromatic rings. The molecule has 3 nitrogen and oxygen atoms in total. The normalized spacial score (nSPS) is 11.3. The van der Waals surface area contributed by atoms with Crippen LogP contribution < -0.4 is 11.1 Å². The highest BCUT2D eigenvalue weighted by atomic mass is 35.5. The minimum atomic E-state index is -0.365. The second-order valence-electron chi connectivity index (χ2n) is 4.88. The van der Waals surface area contributed by atoms with E-state index in [0.29, 0.717) is 12.3 Å². The quantitative estimate of drug-likeness (QED) is 0.844. The molecule has 0 bridgehead atoms. The van der Waals surface area contributed by atoms with E-state index in [0.717, 1.165) is 16.3 Å². The average molecular weight is 287 g/mol. The summed E-state index contributed by atoms with van der Waals surface area (Å²) in [4.78, 5) is 11.5. The molecule has 0 saturated carbocycles. The SMILES string of the molecule is CC(C)(N)CNC(=O)CSCc1ccc(Cl)cc1. The standard InChI is InChI=1S/C13H19ClN2OS/c1-13(2,15)9-16-12(17)8-18-7-10-3-5-11(14)6-4-10/h3-6H,7-9,15H2,1-2H3,(H,16,17). The predicted octanol–water partition coefficient (Wildman–Crippen LogP) is 2.43. The Hall–Kier alpha value is -0.710. The van der Waals surface area contributed by atoms with Crippen LogP contribution in [0.3, 0.4) is 0 Å². The molecule has 1 rings (SSSR count). The molecule has 0 atom stereocenters. The van der Waals surface area contributed by atoms with E-state index in [2.05, 4.69) is 5.32 Å². The number of nitrogens with one attached hydrogen (secondary N) is 1. The second kappa shape index (κ2) is 7.02. The number of hydrogen-bond donors (Lipinski definition) is 2. The van der Waals surface area contributed by atoms with E-state index in [9.17, 15) is 4.79 Å². The smallest absolute Gasteiger partial charge is 0.230 e. The summed E-state index contributed by atoms with van der Waals surface area (Å²) in [6.07, 6.45) is 0. The van der Waals surface area contributed by atoms with E-state index in [-0.39, 0.29) is 11.4 Å². The average Bonchev–Trinajstić information content (AvgIpc) is 2.28. The van der Waals surface area contributed by atoms with Gasteiger partial charge in [-0.3, -0.25) is 4.79 Å². The summed E-state index contributed by atoms with van der Waals surface area (Å²) in [5.41, 5.74) is 6.58. The van der Waals surface area contributed by atoms with Crippen LogP contribution in [0.1, 0.15) is 19.4 Å². The van der Waals surface area contributed by atoms with Crippen LogP contribution in [0.4, 0.5) is 0 Å². The monoisotopic (exact) mass is 286 g/mol. The van der Waals surface area contributed by atoms with E-state index in [4.69, 9.17) is 17.3 Å². The fourth-order valence-corrected chi connectivity index (χ4v) is 2.16. The molecule has 0 radical (unpaired) electrons. The van der Waals surface area contributed by atoms with Crippen molar-refractivity contribution < 1.29 is 4.79 Å². The van der Waals surface area contributed by atoms with Gasteiger partial charge in [-0.1, -0.05) is 23.7 Å². The van der Waals surface area contributed by atoms with Crippen LogP contribution in [0.5, 0.6) is 0 Å². The van der Waals surface area contributed by atoms with Gasteiger partial charge in [-0.15, -0.1) is 11.8 Å². The van der Waals surface area contributed by atoms with Gasteiger partial charge in [0.15, 0.2) is 0 Å². The minimum absolute atomic E-state index is 0.0208. The lowest BCUT2D eigenvalue weighted by Crippen LogP contribution is -2.45. The van der Waals surface area contributed by atoms with Crippen molar-refractivity contribution in [3.8, 4) is 0 Å². The third-order valence-corrected chi connectivity index (χ3v) is 3.41. The van der Waals surface area contributed by atoms with Gasteiger partial charge in [-0.2, -0.15) is 0 Å². The highest BCUT2D eigenvalue weighted by Gasteiger charge is 2.11. The number of amides is 1. The van der Waals surface area contributed by atoms with Gasteiger partial charge in [-0.25, -0.2) is 0 Å². The number of nitrogens with two attached hydrogens (primary N) is 1. The fraction of sp³-hybridized carbons (Fsp3) is 0.462. The molecule has 1 aromatic carbocycles. The van der Waals surface area contributed by atoms with E-state index in [1.165, 1.54) is 0 Å². The van der Waals surface area contributed by atoms with E-state index in [1.54, 1.807) is 11.8 Å². The Morgan fingerprint density at radius 1 is 1.39 bits per heavy atom. The summed E-state index contributed by atoms with van der Waals surface area (Å²) in [5, 5.41) is 3.54. The Labute approximate surface area is 117 Å². The van der Waals surface area contributed by atoms with Crippen LogP contribution in [0.2, 0.25) is 5.02 Å². The third kappa shape index (κ3) is 6.89. The lowest BCUT2D eigenvalue weighted by atomic mass is 10.1. The summed E-state index contributed by atoms with van der Waals surface area (Å²) >= 11 is 7.37. The molecule has 1 amide bonds. The van der Waals surface area contributed by atoms with Crippen molar-refractivity contribution in [1.82, 2.24) is 5.32 Å². The summed E-state index contributed by atoms with van der Waals surface area (Å²) in [6, 6.07) is 7.65. The molecule has 0 aromatic heterocycles. The molecule has 0 unspecified atom stereocenters. The number of thioether (sulfide) groups is 1. The van der Waals surface area contributed by atoms with Crippen LogP contribution in [-0.2, 0) is 10.5 Å². The van der Waals surface area contributed by atoms with Crippen LogP contribution >= 0.6 is 23.4 Å². The zero-order chi connectivity index (χ0) is 13.6. The molecule has 3 N–H and O–H groups in total. The van der Waals surface area contributed by atoms with Crippen molar-refractivity contribution in [2.75, 3.05) is 12.3 Å². The van der Waals surface area contributed by atoms with Crippen molar-refractivity contribution in [3.63, 3.8) is 0 Å². The lowest BCUT2D eigenvalue weighted by Gasteiger charge is -2.18. The number of carbonyl (C=O) groups is 1. The first-order valence-electron chi connectivity index (χ1n) is 5.74. The van der Waals surface area contributed by atoms with E-state index < -0.39 is 0 Å². The van der Waals surface area contributed by atoms with Gasteiger partial charge in [0.2, 0.25) is 5.91 Å². The van der Waals surface area contributed by atoms with Gasteiger partial charge >= 0.3 is 0 Å². The van der Waals surface area contributed by atoms with E-state index >= 15 is 0 Å². The maximum Gasteiger partial charge on any atom is 0.230 e. The molecule has 0 aliphatic carbocycles. The molecule has 100 valence electrons. The fourth-order valence-electron chi connectivity index (χ4n) is 1.22. The first-order valence-corrected chi connectivity index (χ1v) is 7.28. The van der Waals surface area contributed by atoms with Gasteiger partial charge in [0.25, 0.3) is 0 Å². The number of halogens is 1. The number of rotatable bonds is 6. The molecule has 0 saturated heterocycles. The predicted molar refractivity (Wildman–Crippen MR) is 78.9 cm³/mol. The molecular weight excluding hydrogens is 268 g/mol. The maximum absolute atomic E-state index is 11.5. The largest absolute Gasteiger partial charge is 0.354 e. The molecule has 0 aliphatic rings. The summed E-state index contributed by atoms with van der Waals surface area (Å²) < 4.78 is 0. The number of benzene rings is 1. The molecule has 0 fully saturated rings. The molecule has 0 aliphatic heterocycles. The molecular formula is C13H19ClN2OS. The summed E-state index contributed by atoms with van der Waals surface area (Å²) in [5.74, 6) is 1.27. The van der Waals surface area contributed by atoms with Crippen LogP contribution in [-0.4, -0.2) is 23.7 Å². The first-order chi connectivity index (χ1) is 8.37. The Kier molecular flexibility index (Phi) is 5.99. The van der Waals surface area contributed by atoms with Crippen molar-refractivity contribution >= 4 is 29.3 Å². The van der Waals surface area contributed by atoms with Gasteiger partial charge in [0, 0.05) is 22.9 Å². The van der Waals surface area contributed by atoms with Gasteiger partial charge in [-0.05, 0) is 31.5 Å². The van der Waals surface area contributed by atoms with Crippen LogP contribution in [0.15, 0.2) is 24.3 Å². The maximum atomic E-state index is 11.5. The van der Waals surface area contributed by atoms with Crippen LogP contribution in [0.25, 0.3) is 0 Å². The van der Waals surface area contributed by atoms with Crippen molar-refractivity contribution in [2.45, 2.75) is 25.1 Å². The molecule has 5 heteroatoms. The zero-order valence-electron chi connectivity index (χ0n) is 10.7.